The molecule has 3 heterocycles. The van der Waals surface area contributed by atoms with Crippen LogP contribution >= 0.6 is 0 Å². The van der Waals surface area contributed by atoms with Gasteiger partial charge in [0.15, 0.2) is 5.65 Å². The van der Waals surface area contributed by atoms with Crippen molar-refractivity contribution in [3.05, 3.63) is 89.0 Å². The van der Waals surface area contributed by atoms with Gasteiger partial charge in [-0.25, -0.2) is 23.2 Å². The average Bonchev–Trinajstić information content (AvgIpc) is 3.32. The smallest absolute Gasteiger partial charge is 0.344 e. The normalized spacial score (nSPS) is 14.2. The van der Waals surface area contributed by atoms with Gasteiger partial charge in [0.2, 0.25) is 10.0 Å². The van der Waals surface area contributed by atoms with E-state index >= 15 is 0 Å². The van der Waals surface area contributed by atoms with Crippen molar-refractivity contribution >= 4 is 49.9 Å². The lowest BCUT2D eigenvalue weighted by molar-refractivity contribution is 0.0529. The Kier molecular flexibility index (Phi) is 7.89. The Morgan fingerprint density at radius 3 is 2.30 bits per heavy atom. The molecule has 0 radical (unpaired) electrons. The number of benzene rings is 3. The maximum absolute atomic E-state index is 13.9. The van der Waals surface area contributed by atoms with Gasteiger partial charge >= 0.3 is 5.97 Å². The van der Waals surface area contributed by atoms with E-state index in [1.807, 2.05) is 50.2 Å². The SMILES string of the molecule is CCOC(=O)c1c(NC(=O)c2cccc(S(=O)(=O)N3CCOCC3)c2)n(-c2cc(C)cc(C)c2)c2nc3ccccc3nc12. The predicted octanol–water partition coefficient (Wildman–Crippen LogP) is 4.64. The Bertz CT molecular complexity index is 2010. The minimum atomic E-state index is -3.85. The average molecular weight is 614 g/mol. The zero-order valence-corrected chi connectivity index (χ0v) is 25.3. The number of aryl methyl sites for hydroxylation is 2. The molecule has 0 atom stereocenters. The van der Waals surface area contributed by atoms with Crippen LogP contribution in [0.3, 0.4) is 0 Å². The summed E-state index contributed by atoms with van der Waals surface area (Å²) in [4.78, 5) is 37.0. The summed E-state index contributed by atoms with van der Waals surface area (Å²) in [5.41, 5.74) is 4.53. The first-order valence-corrected chi connectivity index (χ1v) is 15.7. The van der Waals surface area contributed by atoms with Gasteiger partial charge < -0.3 is 14.8 Å². The Morgan fingerprint density at radius 1 is 0.932 bits per heavy atom. The number of para-hydroxylation sites is 2. The first kappa shape index (κ1) is 29.4. The van der Waals surface area contributed by atoms with Crippen molar-refractivity contribution in [2.75, 3.05) is 38.2 Å². The van der Waals surface area contributed by atoms with Crippen molar-refractivity contribution in [1.82, 2.24) is 18.8 Å². The molecule has 1 aliphatic rings. The van der Waals surface area contributed by atoms with E-state index in [1.165, 1.54) is 28.6 Å². The van der Waals surface area contributed by atoms with E-state index in [0.717, 1.165) is 11.1 Å². The molecule has 1 saturated heterocycles. The molecule has 6 rings (SSSR count). The monoisotopic (exact) mass is 613 g/mol. The zero-order chi connectivity index (χ0) is 31.0. The third kappa shape index (κ3) is 5.43. The summed E-state index contributed by atoms with van der Waals surface area (Å²) in [6, 6.07) is 19.0. The molecule has 1 aliphatic heterocycles. The van der Waals surface area contributed by atoms with Gasteiger partial charge in [0, 0.05) is 24.3 Å². The lowest BCUT2D eigenvalue weighted by Crippen LogP contribution is -2.40. The van der Waals surface area contributed by atoms with Crippen LogP contribution in [0.4, 0.5) is 5.82 Å². The Hall–Kier alpha value is -4.65. The van der Waals surface area contributed by atoms with Crippen LogP contribution in [0, 0.1) is 13.8 Å². The van der Waals surface area contributed by atoms with E-state index in [9.17, 15) is 18.0 Å². The zero-order valence-electron chi connectivity index (χ0n) is 24.5. The highest BCUT2D eigenvalue weighted by Crippen LogP contribution is 2.34. The highest BCUT2D eigenvalue weighted by molar-refractivity contribution is 7.89. The number of fused-ring (bicyclic) bond motifs is 2. The van der Waals surface area contributed by atoms with Gasteiger partial charge in [-0.1, -0.05) is 24.3 Å². The number of ether oxygens (including phenoxy) is 2. The van der Waals surface area contributed by atoms with Gasteiger partial charge in [0.05, 0.1) is 35.7 Å². The summed E-state index contributed by atoms with van der Waals surface area (Å²) in [7, 11) is -3.85. The van der Waals surface area contributed by atoms with E-state index in [1.54, 1.807) is 17.6 Å². The van der Waals surface area contributed by atoms with Crippen LogP contribution in [0.5, 0.6) is 0 Å². The number of carbonyl (C=O) groups is 2. The first-order valence-electron chi connectivity index (χ1n) is 14.2. The van der Waals surface area contributed by atoms with Crippen molar-refractivity contribution in [1.29, 1.82) is 0 Å². The number of nitrogens with zero attached hydrogens (tertiary/aromatic N) is 4. The molecule has 0 unspecified atom stereocenters. The summed E-state index contributed by atoms with van der Waals surface area (Å²) in [6.07, 6.45) is 0. The van der Waals surface area contributed by atoms with Gasteiger partial charge in [-0.2, -0.15) is 4.31 Å². The number of aromatic nitrogens is 3. The van der Waals surface area contributed by atoms with Gasteiger partial charge in [0.25, 0.3) is 5.91 Å². The van der Waals surface area contributed by atoms with Gasteiger partial charge in [0.1, 0.15) is 16.9 Å². The lowest BCUT2D eigenvalue weighted by atomic mass is 10.1. The fourth-order valence-corrected chi connectivity index (χ4v) is 6.86. The first-order chi connectivity index (χ1) is 21.2. The van der Waals surface area contributed by atoms with E-state index in [2.05, 4.69) is 5.32 Å². The Labute approximate surface area is 254 Å². The second kappa shape index (κ2) is 11.8. The van der Waals surface area contributed by atoms with Crippen molar-refractivity contribution in [2.45, 2.75) is 25.7 Å². The van der Waals surface area contributed by atoms with Crippen LogP contribution in [-0.2, 0) is 19.5 Å². The van der Waals surface area contributed by atoms with Gasteiger partial charge in [-0.05, 0) is 74.4 Å². The van der Waals surface area contributed by atoms with Crippen molar-refractivity contribution < 1.29 is 27.5 Å². The number of amides is 1. The predicted molar refractivity (Wildman–Crippen MR) is 166 cm³/mol. The molecule has 44 heavy (non-hydrogen) atoms. The maximum atomic E-state index is 13.9. The summed E-state index contributed by atoms with van der Waals surface area (Å²) >= 11 is 0. The fourth-order valence-electron chi connectivity index (χ4n) is 5.40. The number of sulfonamides is 1. The minimum absolute atomic E-state index is 0.0119. The van der Waals surface area contributed by atoms with Crippen LogP contribution in [0.2, 0.25) is 0 Å². The summed E-state index contributed by atoms with van der Waals surface area (Å²) in [6.45, 7) is 6.76. The number of carbonyl (C=O) groups excluding carboxylic acids is 2. The molecule has 2 aromatic heterocycles. The van der Waals surface area contributed by atoms with Crippen LogP contribution in [0.15, 0.2) is 71.6 Å². The van der Waals surface area contributed by atoms with E-state index < -0.39 is 21.9 Å². The second-order valence-corrected chi connectivity index (χ2v) is 12.4. The maximum Gasteiger partial charge on any atom is 0.344 e. The van der Waals surface area contributed by atoms with Gasteiger partial charge in [-0.3, -0.25) is 9.36 Å². The molecule has 226 valence electrons. The second-order valence-electron chi connectivity index (χ2n) is 10.5. The van der Waals surface area contributed by atoms with E-state index in [4.69, 9.17) is 19.4 Å². The van der Waals surface area contributed by atoms with Crippen LogP contribution in [0.1, 0.15) is 38.8 Å². The Balaban J connectivity index is 1.53. The highest BCUT2D eigenvalue weighted by atomic mass is 32.2. The minimum Gasteiger partial charge on any atom is -0.462 e. The molecule has 3 aromatic carbocycles. The van der Waals surface area contributed by atoms with Crippen LogP contribution < -0.4 is 5.32 Å². The number of esters is 1. The quantitative estimate of drug-likeness (QED) is 0.263. The van der Waals surface area contributed by atoms with Gasteiger partial charge in [-0.15, -0.1) is 0 Å². The lowest BCUT2D eigenvalue weighted by Gasteiger charge is -2.26. The standard InChI is InChI=1S/C32H31N5O6S/c1-4-43-32(39)27-28-30(34-26-11-6-5-10-25(26)33-28)37(23-17-20(2)16-21(3)18-23)29(27)35-31(38)22-8-7-9-24(19-22)44(40,41)36-12-14-42-15-13-36/h5-11,16-19H,4,12-15H2,1-3H3,(H,35,38). The summed E-state index contributed by atoms with van der Waals surface area (Å²) in [5, 5.41) is 2.89. The third-order valence-electron chi connectivity index (χ3n) is 7.34. The number of morpholine rings is 1. The molecule has 0 saturated carbocycles. The molecule has 12 heteroatoms. The van der Waals surface area contributed by atoms with E-state index in [0.29, 0.717) is 35.6 Å². The number of rotatable bonds is 7. The largest absolute Gasteiger partial charge is 0.462 e. The Morgan fingerprint density at radius 2 is 1.61 bits per heavy atom. The third-order valence-corrected chi connectivity index (χ3v) is 9.24. The van der Waals surface area contributed by atoms with Crippen LogP contribution in [-0.4, -0.2) is 72.0 Å². The number of anilines is 1. The van der Waals surface area contributed by atoms with E-state index in [-0.39, 0.29) is 47.1 Å². The molecule has 0 aliphatic carbocycles. The number of nitrogens with one attached hydrogen (secondary N) is 1. The van der Waals surface area contributed by atoms with Crippen molar-refractivity contribution in [3.63, 3.8) is 0 Å². The molecule has 1 fully saturated rings. The summed E-state index contributed by atoms with van der Waals surface area (Å²) in [5.74, 6) is -1.18. The molecule has 5 aromatic rings. The molecule has 1 amide bonds. The number of hydrogen-bond acceptors (Lipinski definition) is 8. The molecule has 11 nitrogen and oxygen atoms in total. The molecule has 0 bridgehead atoms. The molecular formula is C32H31N5O6S. The molecular weight excluding hydrogens is 582 g/mol. The van der Waals surface area contributed by atoms with Crippen LogP contribution in [0.25, 0.3) is 27.9 Å². The fraction of sp³-hybridized carbons (Fsp3) is 0.250. The highest BCUT2D eigenvalue weighted by Gasteiger charge is 2.30. The van der Waals surface area contributed by atoms with Crippen molar-refractivity contribution in [3.8, 4) is 5.69 Å². The number of hydrogen-bond donors (Lipinski definition) is 1. The van der Waals surface area contributed by atoms with Crippen molar-refractivity contribution in [2.24, 2.45) is 0 Å². The molecule has 1 N–H and O–H groups in total. The summed E-state index contributed by atoms with van der Waals surface area (Å²) < 4.78 is 40.4. The molecule has 0 spiro atoms. The topological polar surface area (TPSA) is 133 Å².